The van der Waals surface area contributed by atoms with Crippen LogP contribution in [0.3, 0.4) is 0 Å². The Morgan fingerprint density at radius 2 is 1.86 bits per heavy atom. The number of carboxylic acid groups (broad SMARTS) is 1. The van der Waals surface area contributed by atoms with Gasteiger partial charge in [0.05, 0.1) is 27.7 Å². The van der Waals surface area contributed by atoms with Gasteiger partial charge < -0.3 is 5.11 Å². The van der Waals surface area contributed by atoms with Crippen molar-refractivity contribution in [2.24, 2.45) is 0 Å². The quantitative estimate of drug-likeness (QED) is 0.418. The van der Waals surface area contributed by atoms with Crippen LogP contribution in [0.25, 0.3) is 26.8 Å². The van der Waals surface area contributed by atoms with E-state index < -0.39 is 5.97 Å². The van der Waals surface area contributed by atoms with Crippen molar-refractivity contribution in [2.75, 3.05) is 0 Å². The molecule has 4 rings (SSSR count). The van der Waals surface area contributed by atoms with E-state index in [2.05, 4.69) is 12.1 Å². The molecule has 0 fully saturated rings. The number of nitrogens with zero attached hydrogens (tertiary/aromatic N) is 2. The lowest BCUT2D eigenvalue weighted by Crippen LogP contribution is -2.00. The second kappa shape index (κ2) is 7.85. The predicted octanol–water partition coefficient (Wildman–Crippen LogP) is 6.17. The minimum atomic E-state index is -0.822. The maximum absolute atomic E-state index is 11.0. The fourth-order valence-corrected chi connectivity index (χ4v) is 4.70. The zero-order valence-electron chi connectivity index (χ0n) is 16.0. The number of benzene rings is 2. The van der Waals surface area contributed by atoms with Crippen molar-refractivity contribution in [3.05, 3.63) is 82.6 Å². The van der Waals surface area contributed by atoms with Gasteiger partial charge in [-0.2, -0.15) is 0 Å². The van der Waals surface area contributed by atoms with Gasteiger partial charge in [-0.05, 0) is 54.8 Å². The summed E-state index contributed by atoms with van der Waals surface area (Å²) in [7, 11) is 0. The highest BCUT2D eigenvalue weighted by molar-refractivity contribution is 7.18. The molecule has 0 radical (unpaired) electrons. The maximum atomic E-state index is 11.0. The van der Waals surface area contributed by atoms with Gasteiger partial charge in [-0.1, -0.05) is 41.9 Å². The van der Waals surface area contributed by atoms with Crippen molar-refractivity contribution in [1.82, 2.24) is 9.55 Å². The second-order valence-corrected chi connectivity index (χ2v) is 8.40. The number of thiophene rings is 1. The van der Waals surface area contributed by atoms with Gasteiger partial charge in [-0.25, -0.2) is 4.98 Å². The monoisotopic (exact) mass is 422 g/mol. The summed E-state index contributed by atoms with van der Waals surface area (Å²) in [6.45, 7) is 3.98. The summed E-state index contributed by atoms with van der Waals surface area (Å²) in [6, 6.07) is 17.7. The standard InChI is InChI=1S/C23H19ClN2O2S/c1-14-11-16(12-22(27)28)7-8-17(14)20-9-10-21(29-20)23-25-15(2)13-26(23)19-6-4-3-5-18(19)24/h3-11,13H,12H2,1-2H3,(H,27,28). The Morgan fingerprint density at radius 1 is 1.10 bits per heavy atom. The summed E-state index contributed by atoms with van der Waals surface area (Å²) in [5, 5.41) is 9.67. The van der Waals surface area contributed by atoms with E-state index in [-0.39, 0.29) is 6.42 Å². The van der Waals surface area contributed by atoms with Gasteiger partial charge in [0.15, 0.2) is 5.82 Å². The highest BCUT2D eigenvalue weighted by Gasteiger charge is 2.15. The lowest BCUT2D eigenvalue weighted by Gasteiger charge is -2.08. The summed E-state index contributed by atoms with van der Waals surface area (Å²) in [5.41, 5.74) is 4.78. The Balaban J connectivity index is 1.73. The fourth-order valence-electron chi connectivity index (χ4n) is 3.39. The molecule has 0 atom stereocenters. The van der Waals surface area contributed by atoms with Gasteiger partial charge >= 0.3 is 5.97 Å². The van der Waals surface area contributed by atoms with Crippen LogP contribution in [0.15, 0.2) is 60.8 Å². The summed E-state index contributed by atoms with van der Waals surface area (Å²) >= 11 is 8.07. The highest BCUT2D eigenvalue weighted by Crippen LogP contribution is 2.37. The molecular formula is C23H19ClN2O2S. The van der Waals surface area contributed by atoms with E-state index in [1.165, 1.54) is 0 Å². The molecule has 0 aliphatic rings. The summed E-state index contributed by atoms with van der Waals surface area (Å²) in [5.74, 6) is 0.0318. The molecule has 29 heavy (non-hydrogen) atoms. The zero-order valence-corrected chi connectivity index (χ0v) is 17.6. The third kappa shape index (κ3) is 3.97. The maximum Gasteiger partial charge on any atom is 0.307 e. The molecule has 1 N–H and O–H groups in total. The second-order valence-electron chi connectivity index (χ2n) is 6.91. The first-order valence-corrected chi connectivity index (χ1v) is 10.3. The molecule has 4 nitrogen and oxygen atoms in total. The lowest BCUT2D eigenvalue weighted by atomic mass is 10.0. The van der Waals surface area contributed by atoms with E-state index in [0.717, 1.165) is 43.7 Å². The SMILES string of the molecule is Cc1cn(-c2ccccc2Cl)c(-c2ccc(-c3ccc(CC(=O)O)cc3C)s2)n1. The summed E-state index contributed by atoms with van der Waals surface area (Å²) < 4.78 is 2.02. The Kier molecular flexibility index (Phi) is 5.26. The normalized spacial score (nSPS) is 11.0. The van der Waals surface area contributed by atoms with E-state index in [0.29, 0.717) is 5.02 Å². The van der Waals surface area contributed by atoms with Crippen molar-refractivity contribution >= 4 is 28.9 Å². The highest BCUT2D eigenvalue weighted by atomic mass is 35.5. The van der Waals surface area contributed by atoms with Crippen molar-refractivity contribution in [3.8, 4) is 26.8 Å². The molecule has 0 saturated carbocycles. The van der Waals surface area contributed by atoms with Crippen LogP contribution in [0, 0.1) is 13.8 Å². The van der Waals surface area contributed by atoms with Gasteiger partial charge in [0.1, 0.15) is 0 Å². The van der Waals surface area contributed by atoms with Crippen LogP contribution in [0.1, 0.15) is 16.8 Å². The number of aryl methyl sites for hydroxylation is 2. The molecule has 0 spiro atoms. The van der Waals surface area contributed by atoms with E-state index in [4.69, 9.17) is 21.7 Å². The van der Waals surface area contributed by atoms with Gasteiger partial charge in [-0.3, -0.25) is 9.36 Å². The molecule has 2 aromatic carbocycles. The molecule has 0 aliphatic carbocycles. The van der Waals surface area contributed by atoms with Crippen LogP contribution < -0.4 is 0 Å². The fraction of sp³-hybridized carbons (Fsp3) is 0.130. The minimum Gasteiger partial charge on any atom is -0.481 e. The van der Waals surface area contributed by atoms with Gasteiger partial charge in [0, 0.05) is 11.1 Å². The molecule has 0 aliphatic heterocycles. The van der Waals surface area contributed by atoms with E-state index in [1.54, 1.807) is 11.3 Å². The number of hydrogen-bond donors (Lipinski definition) is 1. The van der Waals surface area contributed by atoms with Gasteiger partial charge in [0.2, 0.25) is 0 Å². The smallest absolute Gasteiger partial charge is 0.307 e. The van der Waals surface area contributed by atoms with Crippen molar-refractivity contribution < 1.29 is 9.90 Å². The first kappa shape index (κ1) is 19.4. The first-order chi connectivity index (χ1) is 13.9. The van der Waals surface area contributed by atoms with E-state index in [1.807, 2.05) is 67.1 Å². The molecule has 0 bridgehead atoms. The van der Waals surface area contributed by atoms with Crippen molar-refractivity contribution in [3.63, 3.8) is 0 Å². The number of hydrogen-bond acceptors (Lipinski definition) is 3. The average molecular weight is 423 g/mol. The van der Waals surface area contributed by atoms with Gasteiger partial charge in [0.25, 0.3) is 0 Å². The van der Waals surface area contributed by atoms with E-state index in [9.17, 15) is 4.79 Å². The van der Waals surface area contributed by atoms with Crippen LogP contribution in [-0.4, -0.2) is 20.6 Å². The molecule has 0 saturated heterocycles. The van der Waals surface area contributed by atoms with Crippen LogP contribution in [-0.2, 0) is 11.2 Å². The Labute approximate surface area is 178 Å². The Hall–Kier alpha value is -2.89. The number of carboxylic acids is 1. The third-order valence-corrected chi connectivity index (χ3v) is 6.11. The molecule has 0 unspecified atom stereocenters. The lowest BCUT2D eigenvalue weighted by molar-refractivity contribution is -0.136. The van der Waals surface area contributed by atoms with Crippen LogP contribution in [0.4, 0.5) is 0 Å². The Bertz CT molecular complexity index is 1210. The first-order valence-electron chi connectivity index (χ1n) is 9.15. The summed E-state index contributed by atoms with van der Waals surface area (Å²) in [6.07, 6.45) is 2.02. The minimum absolute atomic E-state index is 0.0331. The number of imidazole rings is 1. The number of carbonyl (C=O) groups is 1. The molecular weight excluding hydrogens is 404 g/mol. The summed E-state index contributed by atoms with van der Waals surface area (Å²) in [4.78, 5) is 17.8. The third-order valence-electron chi connectivity index (χ3n) is 4.68. The topological polar surface area (TPSA) is 55.1 Å². The number of aromatic nitrogens is 2. The Morgan fingerprint density at radius 3 is 2.59 bits per heavy atom. The molecule has 6 heteroatoms. The zero-order chi connectivity index (χ0) is 20.5. The number of para-hydroxylation sites is 1. The van der Waals surface area contributed by atoms with Crippen LogP contribution in [0.2, 0.25) is 5.02 Å². The molecule has 0 amide bonds. The van der Waals surface area contributed by atoms with Gasteiger partial charge in [-0.15, -0.1) is 11.3 Å². The predicted molar refractivity (Wildman–Crippen MR) is 118 cm³/mol. The van der Waals surface area contributed by atoms with Crippen molar-refractivity contribution in [2.45, 2.75) is 20.3 Å². The van der Waals surface area contributed by atoms with E-state index >= 15 is 0 Å². The van der Waals surface area contributed by atoms with Crippen LogP contribution in [0.5, 0.6) is 0 Å². The average Bonchev–Trinajstić information content (AvgIpc) is 3.28. The largest absolute Gasteiger partial charge is 0.481 e. The number of halogens is 1. The van der Waals surface area contributed by atoms with Crippen molar-refractivity contribution in [1.29, 1.82) is 0 Å². The number of aliphatic carboxylic acids is 1. The molecule has 2 heterocycles. The molecule has 4 aromatic rings. The molecule has 146 valence electrons. The van der Waals surface area contributed by atoms with Crippen LogP contribution >= 0.6 is 22.9 Å². The number of rotatable bonds is 5. The molecule has 2 aromatic heterocycles.